The summed E-state index contributed by atoms with van der Waals surface area (Å²) in [6, 6.07) is 24.1. The van der Waals surface area contributed by atoms with Crippen molar-refractivity contribution in [2.75, 3.05) is 14.1 Å². The Kier molecular flexibility index (Phi) is 4.69. The normalized spacial score (nSPS) is 28.0. The molecule has 2 saturated heterocycles. The van der Waals surface area contributed by atoms with Crippen LogP contribution in [0.3, 0.4) is 0 Å². The van der Waals surface area contributed by atoms with Crippen molar-refractivity contribution in [1.82, 2.24) is 0 Å². The van der Waals surface area contributed by atoms with Crippen LogP contribution in [0.5, 0.6) is 0 Å². The summed E-state index contributed by atoms with van der Waals surface area (Å²) in [5.41, 5.74) is 2.97. The molecule has 2 aromatic carbocycles. The molecule has 0 spiro atoms. The van der Waals surface area contributed by atoms with Gasteiger partial charge in [-0.3, -0.25) is 0 Å². The van der Waals surface area contributed by atoms with E-state index in [1.165, 1.54) is 54.1 Å². The number of quaternary nitrogens is 1. The Hall–Kier alpha value is -1.60. The molecule has 0 amide bonds. The summed E-state index contributed by atoms with van der Waals surface area (Å²) in [6.45, 7) is 0. The fraction of sp³-hybridized carbons (Fsp3) is 0.500. The van der Waals surface area contributed by atoms with E-state index in [2.05, 4.69) is 74.8 Å². The summed E-state index contributed by atoms with van der Waals surface area (Å²) in [4.78, 5) is 0. The average Bonchev–Trinajstić information content (AvgIpc) is 2.61. The van der Waals surface area contributed by atoms with E-state index in [0.29, 0.717) is 5.92 Å². The molecule has 2 aliphatic rings. The van der Waals surface area contributed by atoms with Gasteiger partial charge in [-0.2, -0.15) is 0 Å². The number of piperidine rings is 2. The summed E-state index contributed by atoms with van der Waals surface area (Å²) < 4.78 is 1.28. The molecule has 1 nitrogen and oxygen atoms in total. The molecule has 0 aromatic heterocycles. The van der Waals surface area contributed by atoms with Gasteiger partial charge in [-0.25, -0.2) is 0 Å². The fourth-order valence-corrected chi connectivity index (χ4v) is 5.56. The molecule has 2 bridgehead atoms. The molecule has 0 saturated carbocycles. The standard InChI is InChI=1S/C24H32N/c1-25(2)22-14-9-15-23(25)17-19(16-22)18-24(20-10-5-3-6-11-20)21-12-7-4-8-13-21/h3-8,10-13,19,22-24H,9,14-18H2,1-2H3/q+1. The van der Waals surface area contributed by atoms with Crippen molar-refractivity contribution in [3.8, 4) is 0 Å². The second-order valence-electron chi connectivity index (χ2n) is 8.81. The van der Waals surface area contributed by atoms with Crippen LogP contribution in [-0.4, -0.2) is 30.7 Å². The fourth-order valence-electron chi connectivity index (χ4n) is 5.56. The molecule has 2 aliphatic heterocycles. The zero-order chi connectivity index (χ0) is 17.3. The quantitative estimate of drug-likeness (QED) is 0.637. The van der Waals surface area contributed by atoms with Gasteiger partial charge in [0, 0.05) is 18.8 Å². The molecule has 2 atom stereocenters. The van der Waals surface area contributed by atoms with E-state index in [1.807, 2.05) is 0 Å². The Morgan fingerprint density at radius 2 is 1.28 bits per heavy atom. The summed E-state index contributed by atoms with van der Waals surface area (Å²) in [7, 11) is 4.97. The topological polar surface area (TPSA) is 0 Å². The summed E-state index contributed by atoms with van der Waals surface area (Å²) in [5, 5.41) is 0. The molecule has 4 rings (SSSR count). The monoisotopic (exact) mass is 334 g/mol. The first-order chi connectivity index (χ1) is 12.1. The van der Waals surface area contributed by atoms with Gasteiger partial charge >= 0.3 is 0 Å². The van der Waals surface area contributed by atoms with Crippen molar-refractivity contribution in [3.63, 3.8) is 0 Å². The van der Waals surface area contributed by atoms with Crippen molar-refractivity contribution in [2.24, 2.45) is 5.92 Å². The number of benzene rings is 2. The maximum absolute atomic E-state index is 2.48. The molecule has 1 heteroatoms. The van der Waals surface area contributed by atoms with Crippen LogP contribution in [0.25, 0.3) is 0 Å². The van der Waals surface area contributed by atoms with Gasteiger partial charge in [-0.05, 0) is 42.7 Å². The van der Waals surface area contributed by atoms with Crippen LogP contribution in [0.2, 0.25) is 0 Å². The number of rotatable bonds is 4. The molecular weight excluding hydrogens is 302 g/mol. The number of nitrogens with zero attached hydrogens (tertiary/aromatic N) is 1. The Balaban J connectivity index is 1.58. The molecule has 25 heavy (non-hydrogen) atoms. The van der Waals surface area contributed by atoms with Crippen LogP contribution >= 0.6 is 0 Å². The van der Waals surface area contributed by atoms with Gasteiger partial charge in [0.1, 0.15) is 0 Å². The predicted octanol–water partition coefficient (Wildman–Crippen LogP) is 5.62. The molecule has 132 valence electrons. The van der Waals surface area contributed by atoms with E-state index in [1.54, 1.807) is 0 Å². The molecule has 0 aliphatic carbocycles. The van der Waals surface area contributed by atoms with Gasteiger partial charge < -0.3 is 4.48 Å². The van der Waals surface area contributed by atoms with Crippen molar-refractivity contribution in [3.05, 3.63) is 71.8 Å². The highest BCUT2D eigenvalue weighted by molar-refractivity contribution is 5.32. The minimum atomic E-state index is 0.543. The molecular formula is C24H32N+. The third-order valence-electron chi connectivity index (χ3n) is 7.14. The predicted molar refractivity (Wildman–Crippen MR) is 106 cm³/mol. The van der Waals surface area contributed by atoms with E-state index in [9.17, 15) is 0 Å². The first-order valence-corrected chi connectivity index (χ1v) is 10.1. The van der Waals surface area contributed by atoms with Gasteiger partial charge in [0.25, 0.3) is 0 Å². The summed E-state index contributed by atoms with van der Waals surface area (Å²) in [5.74, 6) is 1.41. The smallest absolute Gasteiger partial charge is 0.0891 e. The van der Waals surface area contributed by atoms with Gasteiger partial charge in [0.05, 0.1) is 26.2 Å². The van der Waals surface area contributed by atoms with E-state index < -0.39 is 0 Å². The number of hydrogen-bond acceptors (Lipinski definition) is 0. The first kappa shape index (κ1) is 16.8. The largest absolute Gasteiger partial charge is 0.324 e. The van der Waals surface area contributed by atoms with E-state index in [-0.39, 0.29) is 0 Å². The number of hydrogen-bond donors (Lipinski definition) is 0. The Morgan fingerprint density at radius 1 is 0.800 bits per heavy atom. The van der Waals surface area contributed by atoms with E-state index in [0.717, 1.165) is 18.0 Å². The van der Waals surface area contributed by atoms with E-state index >= 15 is 0 Å². The first-order valence-electron chi connectivity index (χ1n) is 10.1. The maximum atomic E-state index is 2.48. The molecule has 0 radical (unpaired) electrons. The zero-order valence-electron chi connectivity index (χ0n) is 15.8. The SMILES string of the molecule is C[N+]1(C)C2CCCC1CC(CC(c1ccccc1)c1ccccc1)C2. The zero-order valence-corrected chi connectivity index (χ0v) is 15.8. The van der Waals surface area contributed by atoms with Crippen molar-refractivity contribution < 1.29 is 4.48 Å². The van der Waals surface area contributed by atoms with Crippen molar-refractivity contribution >= 4 is 0 Å². The van der Waals surface area contributed by atoms with Crippen LogP contribution in [0.4, 0.5) is 0 Å². The lowest BCUT2D eigenvalue weighted by atomic mass is 9.72. The second kappa shape index (κ2) is 6.96. The van der Waals surface area contributed by atoms with Gasteiger partial charge in [0.2, 0.25) is 0 Å². The summed E-state index contributed by atoms with van der Waals surface area (Å²) >= 11 is 0. The van der Waals surface area contributed by atoms with Gasteiger partial charge in [-0.1, -0.05) is 60.7 Å². The maximum Gasteiger partial charge on any atom is 0.0891 e. The molecule has 0 N–H and O–H groups in total. The lowest BCUT2D eigenvalue weighted by molar-refractivity contribution is -0.950. The van der Waals surface area contributed by atoms with Crippen LogP contribution in [0.15, 0.2) is 60.7 Å². The Morgan fingerprint density at radius 3 is 1.76 bits per heavy atom. The van der Waals surface area contributed by atoms with Crippen LogP contribution < -0.4 is 0 Å². The van der Waals surface area contributed by atoms with Gasteiger partial charge in [-0.15, -0.1) is 0 Å². The minimum Gasteiger partial charge on any atom is -0.324 e. The average molecular weight is 335 g/mol. The molecule has 2 heterocycles. The van der Waals surface area contributed by atoms with Crippen molar-refractivity contribution in [2.45, 2.75) is 56.5 Å². The van der Waals surface area contributed by atoms with Crippen LogP contribution in [0, 0.1) is 5.92 Å². The Labute approximate surface area is 153 Å². The third kappa shape index (κ3) is 3.40. The second-order valence-corrected chi connectivity index (χ2v) is 8.81. The van der Waals surface area contributed by atoms with Gasteiger partial charge in [0.15, 0.2) is 0 Å². The highest BCUT2D eigenvalue weighted by Gasteiger charge is 2.46. The van der Waals surface area contributed by atoms with E-state index in [4.69, 9.17) is 0 Å². The van der Waals surface area contributed by atoms with Crippen LogP contribution in [0.1, 0.15) is 55.6 Å². The molecule has 2 fully saturated rings. The molecule has 2 unspecified atom stereocenters. The number of fused-ring (bicyclic) bond motifs is 2. The van der Waals surface area contributed by atoms with Crippen molar-refractivity contribution in [1.29, 1.82) is 0 Å². The highest BCUT2D eigenvalue weighted by Crippen LogP contribution is 2.44. The lowest BCUT2D eigenvalue weighted by Gasteiger charge is -2.53. The minimum absolute atomic E-state index is 0.543. The summed E-state index contributed by atoms with van der Waals surface area (Å²) in [6.07, 6.45) is 8.45. The highest BCUT2D eigenvalue weighted by atomic mass is 15.4. The Bertz CT molecular complexity index is 620. The third-order valence-corrected chi connectivity index (χ3v) is 7.14. The molecule has 2 aromatic rings. The van der Waals surface area contributed by atoms with Crippen LogP contribution in [-0.2, 0) is 0 Å². The lowest BCUT2D eigenvalue weighted by Crippen LogP contribution is -2.62.